The lowest BCUT2D eigenvalue weighted by molar-refractivity contribution is 0.0952. The Labute approximate surface area is 97.4 Å². The molecule has 0 aliphatic carbocycles. The van der Waals surface area contributed by atoms with Gasteiger partial charge in [-0.3, -0.25) is 9.78 Å². The molecule has 0 saturated heterocycles. The molecule has 0 bridgehead atoms. The van der Waals surface area contributed by atoms with Gasteiger partial charge in [-0.05, 0) is 35.3 Å². The first kappa shape index (κ1) is 12.1. The van der Waals surface area contributed by atoms with Gasteiger partial charge in [0, 0.05) is 29.5 Å². The van der Waals surface area contributed by atoms with E-state index in [1.54, 1.807) is 12.3 Å². The van der Waals surface area contributed by atoms with E-state index in [0.717, 1.165) is 10.9 Å². The van der Waals surface area contributed by atoms with Crippen molar-refractivity contribution >= 4 is 21.8 Å². The van der Waals surface area contributed by atoms with Gasteiger partial charge in [0.1, 0.15) is 0 Å². The number of nitrogens with one attached hydrogen (secondary N) is 1. The number of halogens is 1. The predicted octanol–water partition coefficient (Wildman–Crippen LogP) is 1.31. The first-order valence-corrected chi connectivity index (χ1v) is 5.53. The maximum Gasteiger partial charge on any atom is 0.252 e. The highest BCUT2D eigenvalue weighted by Crippen LogP contribution is 2.09. The average Bonchev–Trinajstić information content (AvgIpc) is 2.17. The van der Waals surface area contributed by atoms with Gasteiger partial charge < -0.3 is 11.1 Å². The molecule has 0 radical (unpaired) electrons. The number of nitrogens with two attached hydrogens (primary N) is 1. The molecule has 1 atom stereocenters. The normalized spacial score (nSPS) is 12.2. The van der Waals surface area contributed by atoms with E-state index in [4.69, 9.17) is 5.73 Å². The highest BCUT2D eigenvalue weighted by molar-refractivity contribution is 9.10. The second-order valence-corrected chi connectivity index (χ2v) is 4.33. The summed E-state index contributed by atoms with van der Waals surface area (Å²) >= 11 is 3.26. The van der Waals surface area contributed by atoms with E-state index in [0.29, 0.717) is 12.1 Å². The molecule has 0 saturated carbocycles. The summed E-state index contributed by atoms with van der Waals surface area (Å²) in [5.41, 5.74) is 6.12. The third kappa shape index (κ3) is 4.40. The Bertz CT molecular complexity index is 341. The lowest BCUT2D eigenvalue weighted by Gasteiger charge is -2.07. The van der Waals surface area contributed by atoms with Crippen LogP contribution in [0, 0.1) is 0 Å². The molecule has 0 aliphatic rings. The standard InChI is InChI=1S/C10H14BrN3O/c1-7(12)2-3-14-10(15)8-4-9(11)6-13-5-8/h4-7H,2-3,12H2,1H3,(H,14,15). The Hall–Kier alpha value is -0.940. The number of amides is 1. The van der Waals surface area contributed by atoms with Crippen LogP contribution < -0.4 is 11.1 Å². The number of aromatic nitrogens is 1. The number of pyridine rings is 1. The molecular weight excluding hydrogens is 258 g/mol. The largest absolute Gasteiger partial charge is 0.352 e. The van der Waals surface area contributed by atoms with Crippen molar-refractivity contribution in [3.63, 3.8) is 0 Å². The predicted molar refractivity (Wildman–Crippen MR) is 62.5 cm³/mol. The van der Waals surface area contributed by atoms with Crippen LogP contribution in [-0.4, -0.2) is 23.5 Å². The maximum absolute atomic E-state index is 11.6. The fourth-order valence-corrected chi connectivity index (χ4v) is 1.42. The van der Waals surface area contributed by atoms with Crippen LogP contribution in [0.25, 0.3) is 0 Å². The fraction of sp³-hybridized carbons (Fsp3) is 0.400. The number of carbonyl (C=O) groups is 1. The Kier molecular flexibility index (Phi) is 4.71. The smallest absolute Gasteiger partial charge is 0.252 e. The van der Waals surface area contributed by atoms with Gasteiger partial charge in [-0.15, -0.1) is 0 Å². The van der Waals surface area contributed by atoms with Crippen LogP contribution in [0.5, 0.6) is 0 Å². The van der Waals surface area contributed by atoms with E-state index in [1.807, 2.05) is 6.92 Å². The van der Waals surface area contributed by atoms with E-state index in [2.05, 4.69) is 26.2 Å². The molecule has 15 heavy (non-hydrogen) atoms. The molecule has 5 heteroatoms. The number of nitrogens with zero attached hydrogens (tertiary/aromatic N) is 1. The van der Waals surface area contributed by atoms with Gasteiger partial charge in [0.25, 0.3) is 5.91 Å². The van der Waals surface area contributed by atoms with Crippen molar-refractivity contribution in [1.29, 1.82) is 0 Å². The van der Waals surface area contributed by atoms with Crippen LogP contribution in [0.2, 0.25) is 0 Å². The summed E-state index contributed by atoms with van der Waals surface area (Å²) in [6.45, 7) is 2.50. The zero-order valence-electron chi connectivity index (χ0n) is 8.53. The van der Waals surface area contributed by atoms with E-state index in [-0.39, 0.29) is 11.9 Å². The third-order valence-corrected chi connectivity index (χ3v) is 2.29. The minimum Gasteiger partial charge on any atom is -0.352 e. The molecule has 82 valence electrons. The van der Waals surface area contributed by atoms with Crippen molar-refractivity contribution in [2.45, 2.75) is 19.4 Å². The van der Waals surface area contributed by atoms with Gasteiger partial charge in [-0.2, -0.15) is 0 Å². The van der Waals surface area contributed by atoms with Gasteiger partial charge in [-0.25, -0.2) is 0 Å². The van der Waals surface area contributed by atoms with E-state index in [9.17, 15) is 4.79 Å². The van der Waals surface area contributed by atoms with Gasteiger partial charge in [-0.1, -0.05) is 0 Å². The maximum atomic E-state index is 11.6. The fourth-order valence-electron chi connectivity index (χ4n) is 1.05. The summed E-state index contributed by atoms with van der Waals surface area (Å²) in [6, 6.07) is 1.83. The lowest BCUT2D eigenvalue weighted by Crippen LogP contribution is -2.28. The Morgan fingerprint density at radius 2 is 2.40 bits per heavy atom. The minimum atomic E-state index is -0.121. The SMILES string of the molecule is CC(N)CCNC(=O)c1cncc(Br)c1. The molecule has 0 spiro atoms. The summed E-state index contributed by atoms with van der Waals surface area (Å²) in [4.78, 5) is 15.5. The van der Waals surface area contributed by atoms with Crippen LogP contribution in [0.4, 0.5) is 0 Å². The molecule has 0 aromatic carbocycles. The van der Waals surface area contributed by atoms with Gasteiger partial charge in [0.05, 0.1) is 5.56 Å². The zero-order valence-corrected chi connectivity index (χ0v) is 10.1. The van der Waals surface area contributed by atoms with Crippen molar-refractivity contribution < 1.29 is 4.79 Å². The highest BCUT2D eigenvalue weighted by Gasteiger charge is 2.05. The summed E-state index contributed by atoms with van der Waals surface area (Å²) in [7, 11) is 0. The molecule has 0 fully saturated rings. The van der Waals surface area contributed by atoms with Gasteiger partial charge in [0.2, 0.25) is 0 Å². The van der Waals surface area contributed by atoms with Gasteiger partial charge in [0.15, 0.2) is 0 Å². The van der Waals surface area contributed by atoms with E-state index < -0.39 is 0 Å². The molecule has 1 aromatic heterocycles. The molecule has 1 aromatic rings. The lowest BCUT2D eigenvalue weighted by atomic mass is 10.2. The van der Waals surface area contributed by atoms with Crippen molar-refractivity contribution in [2.24, 2.45) is 5.73 Å². The average molecular weight is 272 g/mol. The number of carbonyl (C=O) groups excluding carboxylic acids is 1. The van der Waals surface area contributed by atoms with Crippen LogP contribution in [-0.2, 0) is 0 Å². The minimum absolute atomic E-state index is 0.103. The van der Waals surface area contributed by atoms with Crippen molar-refractivity contribution in [1.82, 2.24) is 10.3 Å². The zero-order chi connectivity index (χ0) is 11.3. The molecule has 0 aliphatic heterocycles. The number of hydrogen-bond donors (Lipinski definition) is 2. The van der Waals surface area contributed by atoms with Crippen LogP contribution in [0.3, 0.4) is 0 Å². The summed E-state index contributed by atoms with van der Waals surface area (Å²) in [5.74, 6) is -0.121. The Morgan fingerprint density at radius 1 is 1.67 bits per heavy atom. The quantitative estimate of drug-likeness (QED) is 0.868. The molecule has 3 N–H and O–H groups in total. The van der Waals surface area contributed by atoms with Crippen LogP contribution in [0.1, 0.15) is 23.7 Å². The third-order valence-electron chi connectivity index (χ3n) is 1.85. The summed E-state index contributed by atoms with van der Waals surface area (Å²) in [5, 5.41) is 2.78. The van der Waals surface area contributed by atoms with E-state index >= 15 is 0 Å². The Morgan fingerprint density at radius 3 is 3.00 bits per heavy atom. The van der Waals surface area contributed by atoms with Crippen LogP contribution in [0.15, 0.2) is 22.9 Å². The topological polar surface area (TPSA) is 68.0 Å². The van der Waals surface area contributed by atoms with E-state index in [1.165, 1.54) is 6.20 Å². The Balaban J connectivity index is 2.47. The second kappa shape index (κ2) is 5.82. The number of rotatable bonds is 4. The molecule has 4 nitrogen and oxygen atoms in total. The molecule has 1 rings (SSSR count). The van der Waals surface area contributed by atoms with Crippen molar-refractivity contribution in [3.8, 4) is 0 Å². The molecule has 1 unspecified atom stereocenters. The first-order valence-electron chi connectivity index (χ1n) is 4.74. The molecule has 1 heterocycles. The number of hydrogen-bond acceptors (Lipinski definition) is 3. The van der Waals surface area contributed by atoms with Crippen LogP contribution >= 0.6 is 15.9 Å². The monoisotopic (exact) mass is 271 g/mol. The second-order valence-electron chi connectivity index (χ2n) is 3.41. The summed E-state index contributed by atoms with van der Waals surface area (Å²) < 4.78 is 0.794. The van der Waals surface area contributed by atoms with Crippen molar-refractivity contribution in [2.75, 3.05) is 6.54 Å². The van der Waals surface area contributed by atoms with Crippen molar-refractivity contribution in [3.05, 3.63) is 28.5 Å². The first-order chi connectivity index (χ1) is 7.09. The molecule has 1 amide bonds. The highest BCUT2D eigenvalue weighted by atomic mass is 79.9. The molecular formula is C10H14BrN3O. The summed E-state index contributed by atoms with van der Waals surface area (Å²) in [6.07, 6.45) is 3.94. The van der Waals surface area contributed by atoms with Gasteiger partial charge >= 0.3 is 0 Å².